The summed E-state index contributed by atoms with van der Waals surface area (Å²) in [4.78, 5) is 14.8. The maximum atomic E-state index is 12.2. The van der Waals surface area contributed by atoms with Crippen LogP contribution in [0.2, 0.25) is 0 Å². The summed E-state index contributed by atoms with van der Waals surface area (Å²) in [6.45, 7) is 4.05. The lowest BCUT2D eigenvalue weighted by Gasteiger charge is -2.36. The number of likely N-dealkylation sites (tertiary alicyclic amines) is 1. The fourth-order valence-corrected chi connectivity index (χ4v) is 4.06. The van der Waals surface area contributed by atoms with Gasteiger partial charge in [0.05, 0.1) is 13.2 Å². The molecule has 2 N–H and O–H groups in total. The number of aliphatic hydroxyl groups is 1. The van der Waals surface area contributed by atoms with Crippen molar-refractivity contribution in [1.82, 2.24) is 10.2 Å². The largest absolute Gasteiger partial charge is 0.493 e. The molecule has 27 heavy (non-hydrogen) atoms. The first kappa shape index (κ1) is 20.0. The van der Waals surface area contributed by atoms with Crippen LogP contribution in [0.5, 0.6) is 11.5 Å². The average Bonchev–Trinajstić information content (AvgIpc) is 3.21. The number of carbonyl (C=O) groups is 1. The summed E-state index contributed by atoms with van der Waals surface area (Å²) in [7, 11) is 1.59. The van der Waals surface area contributed by atoms with Gasteiger partial charge in [0.1, 0.15) is 6.10 Å². The molecule has 1 amide bonds. The van der Waals surface area contributed by atoms with Gasteiger partial charge in [0.25, 0.3) is 5.91 Å². The standard InChI is InChI=1S/C21H32N2O4/c1-15(24)14-22-21(25)16-7-8-19(20(13-16)26-2)27-18-9-11-23(12-10-18)17-5-3-4-6-17/h7-8,13,15,17-18,24H,3-6,9-12,14H2,1-2H3,(H,22,25)/t15-/m0/s1. The maximum Gasteiger partial charge on any atom is 0.251 e. The number of piperidine rings is 1. The summed E-state index contributed by atoms with van der Waals surface area (Å²) >= 11 is 0. The summed E-state index contributed by atoms with van der Waals surface area (Å²) in [5.74, 6) is 1.02. The van der Waals surface area contributed by atoms with Crippen LogP contribution in [0.15, 0.2) is 18.2 Å². The predicted octanol–water partition coefficient (Wildman–Crippen LogP) is 2.59. The van der Waals surface area contributed by atoms with Crippen molar-refractivity contribution in [3.63, 3.8) is 0 Å². The number of amides is 1. The fraction of sp³-hybridized carbons (Fsp3) is 0.667. The lowest BCUT2D eigenvalue weighted by Crippen LogP contribution is -2.43. The van der Waals surface area contributed by atoms with E-state index in [9.17, 15) is 9.90 Å². The van der Waals surface area contributed by atoms with Crippen LogP contribution in [-0.2, 0) is 0 Å². The van der Waals surface area contributed by atoms with Crippen LogP contribution in [0.3, 0.4) is 0 Å². The van der Waals surface area contributed by atoms with Crippen molar-refractivity contribution < 1.29 is 19.4 Å². The smallest absolute Gasteiger partial charge is 0.251 e. The van der Waals surface area contributed by atoms with E-state index < -0.39 is 6.10 Å². The molecule has 1 aromatic rings. The van der Waals surface area contributed by atoms with Gasteiger partial charge in [0.15, 0.2) is 11.5 Å². The molecule has 0 aromatic heterocycles. The van der Waals surface area contributed by atoms with Gasteiger partial charge in [-0.05, 0) is 50.8 Å². The number of nitrogens with zero attached hydrogens (tertiary/aromatic N) is 1. The van der Waals surface area contributed by atoms with Crippen molar-refractivity contribution in [3.05, 3.63) is 23.8 Å². The van der Waals surface area contributed by atoms with E-state index in [0.717, 1.165) is 32.0 Å². The molecule has 6 nitrogen and oxygen atoms in total. The third-order valence-corrected chi connectivity index (χ3v) is 5.60. The summed E-state index contributed by atoms with van der Waals surface area (Å²) in [6.07, 6.45) is 7.09. The molecule has 0 radical (unpaired) electrons. The van der Waals surface area contributed by atoms with Crippen LogP contribution in [0, 0.1) is 0 Å². The van der Waals surface area contributed by atoms with Crippen molar-refractivity contribution in [3.8, 4) is 11.5 Å². The van der Waals surface area contributed by atoms with Crippen molar-refractivity contribution in [1.29, 1.82) is 0 Å². The molecular formula is C21H32N2O4. The number of hydrogen-bond acceptors (Lipinski definition) is 5. The minimum Gasteiger partial charge on any atom is -0.493 e. The van der Waals surface area contributed by atoms with Crippen LogP contribution in [0.4, 0.5) is 0 Å². The molecule has 1 aliphatic heterocycles. The Morgan fingerprint density at radius 1 is 1.22 bits per heavy atom. The summed E-state index contributed by atoms with van der Waals surface area (Å²) < 4.78 is 11.6. The molecule has 1 atom stereocenters. The Hall–Kier alpha value is -1.79. The molecule has 0 unspecified atom stereocenters. The van der Waals surface area contributed by atoms with E-state index in [2.05, 4.69) is 10.2 Å². The molecule has 2 fully saturated rings. The highest BCUT2D eigenvalue weighted by molar-refractivity contribution is 5.94. The van der Waals surface area contributed by atoms with Gasteiger partial charge in [0, 0.05) is 31.2 Å². The molecule has 1 saturated carbocycles. The highest BCUT2D eigenvalue weighted by atomic mass is 16.5. The van der Waals surface area contributed by atoms with Crippen LogP contribution in [0.1, 0.15) is 55.8 Å². The number of benzene rings is 1. The van der Waals surface area contributed by atoms with E-state index >= 15 is 0 Å². The van der Waals surface area contributed by atoms with E-state index in [1.807, 2.05) is 0 Å². The van der Waals surface area contributed by atoms with Gasteiger partial charge in [-0.1, -0.05) is 12.8 Å². The minimum atomic E-state index is -0.575. The zero-order valence-electron chi connectivity index (χ0n) is 16.4. The topological polar surface area (TPSA) is 71.0 Å². The molecule has 150 valence electrons. The van der Waals surface area contributed by atoms with Crippen LogP contribution < -0.4 is 14.8 Å². The Morgan fingerprint density at radius 3 is 2.56 bits per heavy atom. The van der Waals surface area contributed by atoms with Gasteiger partial charge in [-0.3, -0.25) is 4.79 Å². The molecule has 6 heteroatoms. The second-order valence-electron chi connectivity index (χ2n) is 7.72. The first-order chi connectivity index (χ1) is 13.1. The third-order valence-electron chi connectivity index (χ3n) is 5.60. The summed E-state index contributed by atoms with van der Waals surface area (Å²) in [5, 5.41) is 12.0. The number of aliphatic hydroxyl groups excluding tert-OH is 1. The normalized spacial score (nSPS) is 20.4. The second-order valence-corrected chi connectivity index (χ2v) is 7.72. The molecule has 2 aliphatic rings. The Morgan fingerprint density at radius 2 is 1.93 bits per heavy atom. The third kappa shape index (κ3) is 5.36. The SMILES string of the molecule is COc1cc(C(=O)NC[C@H](C)O)ccc1OC1CCN(C2CCCC2)CC1. The lowest BCUT2D eigenvalue weighted by molar-refractivity contribution is 0.0750. The molecule has 0 bridgehead atoms. The van der Waals surface area contributed by atoms with Crippen molar-refractivity contribution in [2.75, 3.05) is 26.7 Å². The van der Waals surface area contributed by atoms with Crippen LogP contribution in [-0.4, -0.2) is 60.9 Å². The zero-order valence-corrected chi connectivity index (χ0v) is 16.4. The maximum absolute atomic E-state index is 12.2. The highest BCUT2D eigenvalue weighted by Gasteiger charge is 2.28. The van der Waals surface area contributed by atoms with Crippen molar-refractivity contribution >= 4 is 5.91 Å². The van der Waals surface area contributed by atoms with E-state index in [1.165, 1.54) is 25.7 Å². The molecule has 1 aliphatic carbocycles. The van der Waals surface area contributed by atoms with Gasteiger partial charge < -0.3 is 24.8 Å². The van der Waals surface area contributed by atoms with Gasteiger partial charge in [0.2, 0.25) is 0 Å². The summed E-state index contributed by atoms with van der Waals surface area (Å²) in [5.41, 5.74) is 0.496. The first-order valence-electron chi connectivity index (χ1n) is 10.1. The van der Waals surface area contributed by atoms with E-state index in [4.69, 9.17) is 9.47 Å². The number of carbonyl (C=O) groups excluding carboxylic acids is 1. The fourth-order valence-electron chi connectivity index (χ4n) is 4.06. The van der Waals surface area contributed by atoms with Crippen molar-refractivity contribution in [2.24, 2.45) is 0 Å². The van der Waals surface area contributed by atoms with Gasteiger partial charge in [-0.25, -0.2) is 0 Å². The monoisotopic (exact) mass is 376 g/mol. The van der Waals surface area contributed by atoms with Crippen LogP contribution >= 0.6 is 0 Å². The Bertz CT molecular complexity index is 621. The number of hydrogen-bond donors (Lipinski definition) is 2. The second kappa shape index (κ2) is 9.42. The first-order valence-corrected chi connectivity index (χ1v) is 10.1. The van der Waals surface area contributed by atoms with Gasteiger partial charge in [-0.2, -0.15) is 0 Å². The Kier molecular flexibility index (Phi) is 6.96. The van der Waals surface area contributed by atoms with E-state index in [0.29, 0.717) is 17.1 Å². The molecule has 0 spiro atoms. The Labute approximate surface area is 161 Å². The summed E-state index contributed by atoms with van der Waals surface area (Å²) in [6, 6.07) is 6.02. The quantitative estimate of drug-likeness (QED) is 0.765. The zero-order chi connectivity index (χ0) is 19.2. The van der Waals surface area contributed by atoms with E-state index in [1.54, 1.807) is 32.2 Å². The number of ether oxygens (including phenoxy) is 2. The minimum absolute atomic E-state index is 0.187. The highest BCUT2D eigenvalue weighted by Crippen LogP contribution is 2.32. The average molecular weight is 376 g/mol. The van der Waals surface area contributed by atoms with Crippen molar-refractivity contribution in [2.45, 2.75) is 63.7 Å². The number of nitrogens with one attached hydrogen (secondary N) is 1. The van der Waals surface area contributed by atoms with Gasteiger partial charge >= 0.3 is 0 Å². The molecule has 1 saturated heterocycles. The predicted molar refractivity (Wildman–Crippen MR) is 104 cm³/mol. The molecular weight excluding hydrogens is 344 g/mol. The van der Waals surface area contributed by atoms with E-state index in [-0.39, 0.29) is 18.6 Å². The molecule has 1 heterocycles. The molecule has 3 rings (SSSR count). The lowest BCUT2D eigenvalue weighted by atomic mass is 10.0. The van der Waals surface area contributed by atoms with Gasteiger partial charge in [-0.15, -0.1) is 0 Å². The number of methoxy groups -OCH3 is 1. The Balaban J connectivity index is 1.56. The number of rotatable bonds is 7. The van der Waals surface area contributed by atoms with Crippen LogP contribution in [0.25, 0.3) is 0 Å². The molecule has 1 aromatic carbocycles.